The number of cyclic esters (lactones) is 1. The van der Waals surface area contributed by atoms with Gasteiger partial charge in [-0.25, -0.2) is 13.6 Å². The van der Waals surface area contributed by atoms with Crippen LogP contribution in [0.2, 0.25) is 18.1 Å². The molecular formula is C37H35F2NO5Si. The summed E-state index contributed by atoms with van der Waals surface area (Å²) in [6, 6.07) is 24.7. The first-order valence-corrected chi connectivity index (χ1v) is 18.1. The minimum atomic E-state index is -2.05. The van der Waals surface area contributed by atoms with Gasteiger partial charge in [-0.2, -0.15) is 0 Å². The molecule has 6 rings (SSSR count). The first-order chi connectivity index (χ1) is 21.8. The van der Waals surface area contributed by atoms with Gasteiger partial charge in [0.15, 0.2) is 14.1 Å². The van der Waals surface area contributed by atoms with E-state index >= 15 is 0 Å². The summed E-state index contributed by atoms with van der Waals surface area (Å²) in [6.07, 6.45) is 0. The predicted molar refractivity (Wildman–Crippen MR) is 175 cm³/mol. The molecule has 1 aliphatic heterocycles. The molecule has 4 aromatic carbocycles. The SMILES string of the molecule is CC(C)(C)[Si](C)(C)OCCNC(=O)c1cc(-c2cc(F)cc(F)c2)cc2c3c(oc12)C(c1ccccc1)(c1ccccc1)OC3=O. The van der Waals surface area contributed by atoms with Crippen LogP contribution in [0.15, 0.2) is 95.4 Å². The number of halogens is 2. The third-order valence-corrected chi connectivity index (χ3v) is 13.6. The van der Waals surface area contributed by atoms with Crippen molar-refractivity contribution >= 4 is 31.2 Å². The number of carbonyl (C=O) groups excluding carboxylic acids is 2. The van der Waals surface area contributed by atoms with Crippen LogP contribution >= 0.6 is 0 Å². The van der Waals surface area contributed by atoms with Crippen molar-refractivity contribution in [2.45, 2.75) is 44.5 Å². The summed E-state index contributed by atoms with van der Waals surface area (Å²) >= 11 is 0. The average Bonchev–Trinajstić information content (AvgIpc) is 3.54. The van der Waals surface area contributed by atoms with Crippen LogP contribution in [-0.2, 0) is 14.8 Å². The summed E-state index contributed by atoms with van der Waals surface area (Å²) in [7, 11) is -2.05. The van der Waals surface area contributed by atoms with Crippen LogP contribution in [-0.4, -0.2) is 33.3 Å². The molecule has 0 saturated heterocycles. The summed E-state index contributed by atoms with van der Waals surface area (Å²) in [5, 5.41) is 3.22. The maximum atomic E-state index is 14.3. The zero-order valence-corrected chi connectivity index (χ0v) is 27.4. The number of carbonyl (C=O) groups is 2. The largest absolute Gasteiger partial charge is 0.454 e. The summed E-state index contributed by atoms with van der Waals surface area (Å²) < 4.78 is 47.6. The van der Waals surface area contributed by atoms with Crippen molar-refractivity contribution in [1.82, 2.24) is 5.32 Å². The standard InChI is InChI=1S/C37H35F2NO5Si/c1-36(2,3)46(4,5)43-17-16-40-34(41)30-21-24(23-18-27(38)22-28(39)19-23)20-29-31-33(44-32(29)30)37(45-35(31)42,25-12-8-6-9-13-25)26-14-10-7-11-15-26/h6-15,18-22H,16-17H2,1-5H3,(H,40,41). The van der Waals surface area contributed by atoms with Crippen LogP contribution in [0.25, 0.3) is 22.1 Å². The van der Waals surface area contributed by atoms with Crippen molar-refractivity contribution in [3.63, 3.8) is 0 Å². The molecule has 0 fully saturated rings. The molecule has 1 amide bonds. The van der Waals surface area contributed by atoms with E-state index in [2.05, 4.69) is 39.2 Å². The third kappa shape index (κ3) is 5.43. The van der Waals surface area contributed by atoms with Crippen molar-refractivity contribution in [3.8, 4) is 11.1 Å². The summed E-state index contributed by atoms with van der Waals surface area (Å²) in [5.74, 6) is -2.44. The molecule has 0 radical (unpaired) electrons. The zero-order valence-electron chi connectivity index (χ0n) is 26.4. The fourth-order valence-corrected chi connectivity index (χ4v) is 6.66. The summed E-state index contributed by atoms with van der Waals surface area (Å²) in [4.78, 5) is 27.6. The van der Waals surface area contributed by atoms with Gasteiger partial charge in [0.1, 0.15) is 22.8 Å². The Hall–Kier alpha value is -4.60. The smallest absolute Gasteiger partial charge is 0.344 e. The fraction of sp³-hybridized carbons (Fsp3) is 0.243. The first-order valence-electron chi connectivity index (χ1n) is 15.2. The number of nitrogens with one attached hydrogen (secondary N) is 1. The molecule has 6 nitrogen and oxygen atoms in total. The van der Waals surface area contributed by atoms with E-state index in [4.69, 9.17) is 13.6 Å². The molecule has 1 aromatic heterocycles. The lowest BCUT2D eigenvalue weighted by molar-refractivity contribution is 0.0204. The molecular weight excluding hydrogens is 604 g/mol. The Labute approximate surface area is 267 Å². The number of fused-ring (bicyclic) bond motifs is 3. The monoisotopic (exact) mass is 639 g/mol. The van der Waals surface area contributed by atoms with Gasteiger partial charge in [0.05, 0.1) is 12.2 Å². The molecule has 0 bridgehead atoms. The van der Waals surface area contributed by atoms with E-state index < -0.39 is 37.4 Å². The topological polar surface area (TPSA) is 77.8 Å². The highest BCUT2D eigenvalue weighted by atomic mass is 28.4. The van der Waals surface area contributed by atoms with E-state index in [-0.39, 0.29) is 39.6 Å². The maximum Gasteiger partial charge on any atom is 0.344 e. The molecule has 0 saturated carbocycles. The summed E-state index contributed by atoms with van der Waals surface area (Å²) in [5.41, 5.74) is 0.862. The van der Waals surface area contributed by atoms with Crippen LogP contribution in [0.5, 0.6) is 0 Å². The lowest BCUT2D eigenvalue weighted by atomic mass is 9.84. The second-order valence-electron chi connectivity index (χ2n) is 13.0. The van der Waals surface area contributed by atoms with Gasteiger partial charge in [0.2, 0.25) is 5.60 Å². The Bertz CT molecular complexity index is 1890. The van der Waals surface area contributed by atoms with E-state index in [0.717, 1.165) is 6.07 Å². The zero-order chi connectivity index (χ0) is 32.9. The van der Waals surface area contributed by atoms with Crippen molar-refractivity contribution in [1.29, 1.82) is 0 Å². The van der Waals surface area contributed by atoms with Gasteiger partial charge in [-0.1, -0.05) is 81.4 Å². The normalized spacial score (nSPS) is 14.3. The lowest BCUT2D eigenvalue weighted by Crippen LogP contribution is -2.42. The number of esters is 1. The Morgan fingerprint density at radius 2 is 1.43 bits per heavy atom. The molecule has 236 valence electrons. The molecule has 0 aliphatic carbocycles. The second kappa shape index (κ2) is 11.6. The Kier molecular flexibility index (Phi) is 7.94. The minimum Gasteiger partial charge on any atom is -0.454 e. The maximum absolute atomic E-state index is 14.3. The highest BCUT2D eigenvalue weighted by Crippen LogP contribution is 2.51. The Morgan fingerprint density at radius 1 is 0.870 bits per heavy atom. The first kappa shape index (κ1) is 31.4. The number of ether oxygens (including phenoxy) is 1. The van der Waals surface area contributed by atoms with Crippen molar-refractivity contribution in [2.75, 3.05) is 13.2 Å². The van der Waals surface area contributed by atoms with Crippen molar-refractivity contribution in [3.05, 3.63) is 131 Å². The number of benzene rings is 4. The van der Waals surface area contributed by atoms with Gasteiger partial charge < -0.3 is 18.9 Å². The van der Waals surface area contributed by atoms with E-state index in [0.29, 0.717) is 28.7 Å². The van der Waals surface area contributed by atoms with Crippen LogP contribution in [0, 0.1) is 11.6 Å². The van der Waals surface area contributed by atoms with Gasteiger partial charge in [0.25, 0.3) is 5.91 Å². The minimum absolute atomic E-state index is 0.00504. The number of furan rings is 1. The van der Waals surface area contributed by atoms with Gasteiger partial charge in [-0.15, -0.1) is 0 Å². The molecule has 2 heterocycles. The lowest BCUT2D eigenvalue weighted by Gasteiger charge is -2.36. The third-order valence-electron chi connectivity index (χ3n) is 9.02. The molecule has 1 N–H and O–H groups in total. The molecule has 5 aromatic rings. The molecule has 46 heavy (non-hydrogen) atoms. The second-order valence-corrected chi connectivity index (χ2v) is 17.8. The summed E-state index contributed by atoms with van der Waals surface area (Å²) in [6.45, 7) is 11.2. The van der Waals surface area contributed by atoms with Crippen LogP contribution in [0.3, 0.4) is 0 Å². The van der Waals surface area contributed by atoms with E-state index in [1.807, 2.05) is 60.7 Å². The predicted octanol–water partition coefficient (Wildman–Crippen LogP) is 8.59. The van der Waals surface area contributed by atoms with Crippen LogP contribution in [0.4, 0.5) is 8.78 Å². The quantitative estimate of drug-likeness (QED) is 0.105. The van der Waals surface area contributed by atoms with E-state index in [1.165, 1.54) is 18.2 Å². The molecule has 0 unspecified atom stereocenters. The number of hydrogen-bond donors (Lipinski definition) is 1. The average molecular weight is 640 g/mol. The van der Waals surface area contributed by atoms with Gasteiger partial charge in [-0.3, -0.25) is 4.79 Å². The van der Waals surface area contributed by atoms with Crippen molar-refractivity contribution < 1.29 is 31.9 Å². The molecule has 0 spiro atoms. The fourth-order valence-electron chi connectivity index (χ4n) is 5.62. The van der Waals surface area contributed by atoms with Gasteiger partial charge in [0, 0.05) is 29.1 Å². The van der Waals surface area contributed by atoms with Gasteiger partial charge in [-0.05, 0) is 53.5 Å². The highest BCUT2D eigenvalue weighted by molar-refractivity contribution is 6.74. The number of hydrogen-bond acceptors (Lipinski definition) is 5. The number of rotatable bonds is 8. The van der Waals surface area contributed by atoms with E-state index in [1.54, 1.807) is 6.07 Å². The van der Waals surface area contributed by atoms with Crippen LogP contribution < -0.4 is 5.32 Å². The van der Waals surface area contributed by atoms with Gasteiger partial charge >= 0.3 is 5.97 Å². The number of amides is 1. The Balaban J connectivity index is 1.51. The molecule has 9 heteroatoms. The molecule has 1 aliphatic rings. The Morgan fingerprint density at radius 3 is 2.00 bits per heavy atom. The molecule has 0 atom stereocenters. The van der Waals surface area contributed by atoms with E-state index in [9.17, 15) is 18.4 Å². The van der Waals surface area contributed by atoms with Crippen molar-refractivity contribution in [2.24, 2.45) is 0 Å². The highest BCUT2D eigenvalue weighted by Gasteiger charge is 2.53. The van der Waals surface area contributed by atoms with Crippen LogP contribution in [0.1, 0.15) is 58.4 Å².